The van der Waals surface area contributed by atoms with Crippen molar-refractivity contribution in [3.8, 4) is 0 Å². The summed E-state index contributed by atoms with van der Waals surface area (Å²) in [7, 11) is -3.15. The number of hydrogen-bond acceptors (Lipinski definition) is 4. The number of likely N-dealkylation sites (N-methyl/N-ethyl adjacent to an activating group) is 1. The van der Waals surface area contributed by atoms with Crippen molar-refractivity contribution < 1.29 is 8.42 Å². The first-order valence-corrected chi connectivity index (χ1v) is 8.91. The lowest BCUT2D eigenvalue weighted by Crippen LogP contribution is -2.55. The zero-order chi connectivity index (χ0) is 14.0. The Balaban J connectivity index is 1.91. The van der Waals surface area contributed by atoms with Crippen LogP contribution in [0.5, 0.6) is 0 Å². The van der Waals surface area contributed by atoms with E-state index in [9.17, 15) is 8.42 Å². The molecule has 112 valence electrons. The topological polar surface area (TPSA) is 52.7 Å². The standard InChI is InChI=1S/C13H27N3O2S/c1-4-15-7-8-16(10-11(15)2)19(17,18)12(3)9-14-13-5-6-13/h11-14H,4-10H2,1-3H3. The highest BCUT2D eigenvalue weighted by atomic mass is 32.2. The third-order valence-corrected chi connectivity index (χ3v) is 6.51. The summed E-state index contributed by atoms with van der Waals surface area (Å²) in [6, 6.07) is 0.880. The molecule has 6 heteroatoms. The third kappa shape index (κ3) is 3.68. The van der Waals surface area contributed by atoms with Gasteiger partial charge in [0.2, 0.25) is 10.0 Å². The zero-order valence-electron chi connectivity index (χ0n) is 12.3. The van der Waals surface area contributed by atoms with Crippen molar-refractivity contribution in [1.29, 1.82) is 0 Å². The second kappa shape index (κ2) is 6.08. The minimum absolute atomic E-state index is 0.317. The fourth-order valence-electron chi connectivity index (χ4n) is 2.64. The van der Waals surface area contributed by atoms with Gasteiger partial charge in [-0.1, -0.05) is 6.92 Å². The van der Waals surface area contributed by atoms with Gasteiger partial charge in [-0.25, -0.2) is 8.42 Å². The SMILES string of the molecule is CCN1CCN(S(=O)(=O)C(C)CNC2CC2)CC1C. The van der Waals surface area contributed by atoms with E-state index in [1.807, 2.05) is 6.92 Å². The largest absolute Gasteiger partial charge is 0.313 e. The van der Waals surface area contributed by atoms with Crippen LogP contribution in [0.1, 0.15) is 33.6 Å². The van der Waals surface area contributed by atoms with Crippen LogP contribution in [0.25, 0.3) is 0 Å². The Kier molecular flexibility index (Phi) is 4.87. The van der Waals surface area contributed by atoms with Crippen LogP contribution in [0.15, 0.2) is 0 Å². The van der Waals surface area contributed by atoms with Crippen molar-refractivity contribution in [3.63, 3.8) is 0 Å². The van der Waals surface area contributed by atoms with Crippen LogP contribution in [0, 0.1) is 0 Å². The predicted octanol–water partition coefficient (Wildman–Crippen LogP) is 0.483. The molecule has 2 unspecified atom stereocenters. The summed E-state index contributed by atoms with van der Waals surface area (Å²) in [5.41, 5.74) is 0. The highest BCUT2D eigenvalue weighted by Gasteiger charge is 2.34. The van der Waals surface area contributed by atoms with Gasteiger partial charge in [0, 0.05) is 38.3 Å². The second-order valence-corrected chi connectivity index (χ2v) is 8.22. The Morgan fingerprint density at radius 3 is 2.53 bits per heavy atom. The van der Waals surface area contributed by atoms with Gasteiger partial charge in [-0.05, 0) is 33.2 Å². The number of piperazine rings is 1. The van der Waals surface area contributed by atoms with Crippen LogP contribution < -0.4 is 5.32 Å². The maximum absolute atomic E-state index is 12.5. The van der Waals surface area contributed by atoms with Gasteiger partial charge in [0.25, 0.3) is 0 Å². The highest BCUT2D eigenvalue weighted by Crippen LogP contribution is 2.20. The molecule has 5 nitrogen and oxygen atoms in total. The molecule has 2 atom stereocenters. The maximum Gasteiger partial charge on any atom is 0.218 e. The summed E-state index contributed by atoms with van der Waals surface area (Å²) in [5.74, 6) is 0. The van der Waals surface area contributed by atoms with Gasteiger partial charge in [-0.2, -0.15) is 4.31 Å². The van der Waals surface area contributed by atoms with E-state index in [0.29, 0.717) is 31.7 Å². The van der Waals surface area contributed by atoms with Crippen molar-refractivity contribution in [2.24, 2.45) is 0 Å². The summed E-state index contributed by atoms with van der Waals surface area (Å²) < 4.78 is 26.7. The third-order valence-electron chi connectivity index (χ3n) is 4.27. The lowest BCUT2D eigenvalue weighted by Gasteiger charge is -2.39. The Labute approximate surface area is 117 Å². The Morgan fingerprint density at radius 2 is 2.00 bits per heavy atom. The lowest BCUT2D eigenvalue weighted by molar-refractivity contribution is 0.135. The molecule has 1 N–H and O–H groups in total. The van der Waals surface area contributed by atoms with Crippen molar-refractivity contribution in [3.05, 3.63) is 0 Å². The monoisotopic (exact) mass is 289 g/mol. The molecule has 1 aliphatic carbocycles. The van der Waals surface area contributed by atoms with Crippen LogP contribution in [0.4, 0.5) is 0 Å². The minimum Gasteiger partial charge on any atom is -0.313 e. The molecule has 0 aromatic heterocycles. The van der Waals surface area contributed by atoms with Gasteiger partial charge in [-0.3, -0.25) is 4.90 Å². The lowest BCUT2D eigenvalue weighted by atomic mass is 10.2. The number of sulfonamides is 1. The van der Waals surface area contributed by atoms with Gasteiger partial charge < -0.3 is 5.32 Å². The Morgan fingerprint density at radius 1 is 1.32 bits per heavy atom. The number of hydrogen-bond donors (Lipinski definition) is 1. The molecule has 1 heterocycles. The van der Waals surface area contributed by atoms with Crippen LogP contribution in [0.2, 0.25) is 0 Å². The quantitative estimate of drug-likeness (QED) is 0.773. The first-order chi connectivity index (χ1) is 8.95. The number of nitrogens with one attached hydrogen (secondary N) is 1. The van der Waals surface area contributed by atoms with Crippen LogP contribution in [-0.4, -0.2) is 67.7 Å². The van der Waals surface area contributed by atoms with Gasteiger partial charge in [0.15, 0.2) is 0 Å². The molecule has 0 aromatic carbocycles. The first-order valence-electron chi connectivity index (χ1n) is 7.41. The molecule has 0 aromatic rings. The highest BCUT2D eigenvalue weighted by molar-refractivity contribution is 7.89. The smallest absolute Gasteiger partial charge is 0.218 e. The fourth-order valence-corrected chi connectivity index (χ4v) is 4.22. The molecular formula is C13H27N3O2S. The van der Waals surface area contributed by atoms with Crippen LogP contribution in [0.3, 0.4) is 0 Å². The molecule has 2 fully saturated rings. The molecule has 0 amide bonds. The summed E-state index contributed by atoms with van der Waals surface area (Å²) in [4.78, 5) is 2.33. The van der Waals surface area contributed by atoms with E-state index < -0.39 is 10.0 Å². The Bertz CT molecular complexity index is 395. The summed E-state index contributed by atoms with van der Waals surface area (Å²) in [6.45, 7) is 9.74. The van der Waals surface area contributed by atoms with E-state index in [1.165, 1.54) is 12.8 Å². The average Bonchev–Trinajstić information content (AvgIpc) is 3.19. The molecule has 1 saturated heterocycles. The van der Waals surface area contributed by atoms with Crippen molar-refractivity contribution in [2.45, 2.75) is 50.9 Å². The van der Waals surface area contributed by atoms with Gasteiger partial charge >= 0.3 is 0 Å². The van der Waals surface area contributed by atoms with E-state index in [4.69, 9.17) is 0 Å². The summed E-state index contributed by atoms with van der Waals surface area (Å²) in [5, 5.41) is 2.99. The van der Waals surface area contributed by atoms with Crippen molar-refractivity contribution >= 4 is 10.0 Å². The Hall–Kier alpha value is -0.170. The van der Waals surface area contributed by atoms with Gasteiger partial charge in [0.1, 0.15) is 0 Å². The molecule has 1 saturated carbocycles. The number of nitrogens with zero attached hydrogens (tertiary/aromatic N) is 2. The predicted molar refractivity (Wildman–Crippen MR) is 77.7 cm³/mol. The van der Waals surface area contributed by atoms with E-state index >= 15 is 0 Å². The molecule has 0 spiro atoms. The summed E-state index contributed by atoms with van der Waals surface area (Å²) in [6.07, 6.45) is 2.39. The van der Waals surface area contributed by atoms with E-state index in [0.717, 1.165) is 13.1 Å². The maximum atomic E-state index is 12.5. The average molecular weight is 289 g/mol. The zero-order valence-corrected chi connectivity index (χ0v) is 13.1. The second-order valence-electron chi connectivity index (χ2n) is 5.87. The molecule has 2 rings (SSSR count). The van der Waals surface area contributed by atoms with E-state index in [-0.39, 0.29) is 5.25 Å². The minimum atomic E-state index is -3.15. The molecular weight excluding hydrogens is 262 g/mol. The molecule has 2 aliphatic rings. The fraction of sp³-hybridized carbons (Fsp3) is 1.00. The summed E-state index contributed by atoms with van der Waals surface area (Å²) >= 11 is 0. The van der Waals surface area contributed by atoms with Gasteiger partial charge in [-0.15, -0.1) is 0 Å². The van der Waals surface area contributed by atoms with Crippen LogP contribution in [-0.2, 0) is 10.0 Å². The number of rotatable bonds is 6. The normalized spacial score (nSPS) is 28.5. The van der Waals surface area contributed by atoms with Gasteiger partial charge in [0.05, 0.1) is 5.25 Å². The molecule has 0 bridgehead atoms. The molecule has 1 aliphatic heterocycles. The molecule has 0 radical (unpaired) electrons. The molecule has 19 heavy (non-hydrogen) atoms. The van der Waals surface area contributed by atoms with Crippen molar-refractivity contribution in [1.82, 2.24) is 14.5 Å². The van der Waals surface area contributed by atoms with E-state index in [2.05, 4.69) is 24.1 Å². The van der Waals surface area contributed by atoms with E-state index in [1.54, 1.807) is 4.31 Å². The van der Waals surface area contributed by atoms with Crippen LogP contribution >= 0.6 is 0 Å². The van der Waals surface area contributed by atoms with Crippen molar-refractivity contribution in [2.75, 3.05) is 32.7 Å². The first kappa shape index (κ1) is 15.2.